The molecule has 3 nitrogen and oxygen atoms in total. The summed E-state index contributed by atoms with van der Waals surface area (Å²) >= 11 is 5.57. The fourth-order valence-corrected chi connectivity index (χ4v) is 2.52. The van der Waals surface area contributed by atoms with E-state index < -0.39 is 0 Å². The average molecular weight is 322 g/mol. The number of hydrogen-bond donors (Lipinski definition) is 1. The van der Waals surface area contributed by atoms with E-state index in [4.69, 9.17) is 12.2 Å². The lowest BCUT2D eigenvalue weighted by atomic mass is 10.1. The number of rotatable bonds is 10. The van der Waals surface area contributed by atoms with E-state index in [0.717, 1.165) is 44.1 Å². The molecule has 0 saturated carbocycles. The average Bonchev–Trinajstić information content (AvgIpc) is 2.51. The minimum atomic E-state index is 0.906. The first-order valence-corrected chi connectivity index (χ1v) is 8.75. The lowest BCUT2D eigenvalue weighted by Gasteiger charge is -2.27. The first-order chi connectivity index (χ1) is 10.6. The van der Waals surface area contributed by atoms with Gasteiger partial charge in [0.15, 0.2) is 5.11 Å². The smallest absolute Gasteiger partial charge is 0.168 e. The molecule has 0 aromatic heterocycles. The zero-order valence-electron chi connectivity index (χ0n) is 14.3. The number of benzene rings is 1. The Kier molecular flexibility index (Phi) is 9.84. The number of thiocarbonyl (C=S) groups is 1. The molecule has 0 fully saturated rings. The second-order valence-corrected chi connectivity index (χ2v) is 6.35. The molecule has 1 rings (SSSR count). The van der Waals surface area contributed by atoms with Crippen LogP contribution in [0.1, 0.15) is 31.7 Å². The Hall–Kier alpha value is -1.13. The molecule has 4 heteroatoms. The fraction of sp³-hybridized carbons (Fsp3) is 0.611. The molecule has 124 valence electrons. The van der Waals surface area contributed by atoms with Gasteiger partial charge in [-0.15, -0.1) is 0 Å². The molecule has 0 aliphatic heterocycles. The van der Waals surface area contributed by atoms with Crippen LogP contribution in [0, 0.1) is 0 Å². The third-order valence-corrected chi connectivity index (χ3v) is 4.05. The number of aryl methyl sites for hydroxylation is 1. The molecular formula is C18H31N3S. The van der Waals surface area contributed by atoms with Crippen LogP contribution in [0.3, 0.4) is 0 Å². The maximum Gasteiger partial charge on any atom is 0.168 e. The standard InChI is InChI=1S/C18H31N3S/c1-4-5-13-19-18(22)21(16-15-20(2)3)14-9-12-17-10-7-6-8-11-17/h6-8,10-11H,4-5,9,12-16H2,1-3H3,(H,19,22). The SMILES string of the molecule is CCCCNC(=S)N(CCCc1ccccc1)CCN(C)C. The van der Waals surface area contributed by atoms with Crippen molar-refractivity contribution in [3.63, 3.8) is 0 Å². The van der Waals surface area contributed by atoms with Crippen molar-refractivity contribution in [3.05, 3.63) is 35.9 Å². The van der Waals surface area contributed by atoms with Gasteiger partial charge in [-0.1, -0.05) is 43.7 Å². The highest BCUT2D eigenvalue weighted by molar-refractivity contribution is 7.80. The van der Waals surface area contributed by atoms with Gasteiger partial charge in [0, 0.05) is 26.2 Å². The van der Waals surface area contributed by atoms with Gasteiger partial charge >= 0.3 is 0 Å². The van der Waals surface area contributed by atoms with Gasteiger partial charge in [-0.2, -0.15) is 0 Å². The fourth-order valence-electron chi connectivity index (χ4n) is 2.24. The number of unbranched alkanes of at least 4 members (excludes halogenated alkanes) is 1. The van der Waals surface area contributed by atoms with E-state index in [1.807, 2.05) is 0 Å². The normalized spacial score (nSPS) is 10.7. The largest absolute Gasteiger partial charge is 0.363 e. The lowest BCUT2D eigenvalue weighted by Crippen LogP contribution is -2.43. The predicted octanol–water partition coefficient (Wildman–Crippen LogP) is 3.16. The van der Waals surface area contributed by atoms with Gasteiger partial charge in [0.2, 0.25) is 0 Å². The van der Waals surface area contributed by atoms with Gasteiger partial charge in [0.05, 0.1) is 0 Å². The summed E-state index contributed by atoms with van der Waals surface area (Å²) in [5, 5.41) is 4.30. The van der Waals surface area contributed by atoms with E-state index in [9.17, 15) is 0 Å². The van der Waals surface area contributed by atoms with Crippen LogP contribution in [0.2, 0.25) is 0 Å². The van der Waals surface area contributed by atoms with Crippen molar-refractivity contribution >= 4 is 17.3 Å². The van der Waals surface area contributed by atoms with Gasteiger partial charge < -0.3 is 15.1 Å². The summed E-state index contributed by atoms with van der Waals surface area (Å²) in [7, 11) is 4.21. The van der Waals surface area contributed by atoms with Crippen molar-refractivity contribution in [2.75, 3.05) is 40.3 Å². The number of likely N-dealkylation sites (N-methyl/N-ethyl adjacent to an activating group) is 1. The first-order valence-electron chi connectivity index (χ1n) is 8.35. The summed E-state index contributed by atoms with van der Waals surface area (Å²) in [4.78, 5) is 4.52. The molecule has 0 aliphatic carbocycles. The molecule has 0 atom stereocenters. The Labute approximate surface area is 141 Å². The van der Waals surface area contributed by atoms with E-state index in [1.165, 1.54) is 18.4 Å². The summed E-state index contributed by atoms with van der Waals surface area (Å²) in [6.07, 6.45) is 4.61. The summed E-state index contributed by atoms with van der Waals surface area (Å²) in [6, 6.07) is 10.7. The van der Waals surface area contributed by atoms with Gasteiger partial charge in [-0.05, 0) is 51.1 Å². The van der Waals surface area contributed by atoms with E-state index >= 15 is 0 Å². The Balaban J connectivity index is 2.41. The molecule has 1 aromatic carbocycles. The third kappa shape index (κ3) is 8.35. The Bertz CT molecular complexity index is 406. The van der Waals surface area contributed by atoms with E-state index in [2.05, 4.69) is 66.5 Å². The predicted molar refractivity (Wildman–Crippen MR) is 100 cm³/mol. The van der Waals surface area contributed by atoms with Crippen LogP contribution in [0.5, 0.6) is 0 Å². The van der Waals surface area contributed by atoms with Crippen molar-refractivity contribution in [1.29, 1.82) is 0 Å². The summed E-state index contributed by atoms with van der Waals surface area (Å²) in [5.74, 6) is 0. The molecule has 0 spiro atoms. The van der Waals surface area contributed by atoms with Crippen LogP contribution in [0.4, 0.5) is 0 Å². The molecule has 0 heterocycles. The molecule has 0 saturated heterocycles. The summed E-state index contributed by atoms with van der Waals surface area (Å²) in [6.45, 7) is 6.21. The number of hydrogen-bond acceptors (Lipinski definition) is 2. The monoisotopic (exact) mass is 321 g/mol. The maximum atomic E-state index is 5.57. The van der Waals surface area contributed by atoms with Crippen LogP contribution in [-0.4, -0.2) is 55.2 Å². The highest BCUT2D eigenvalue weighted by Gasteiger charge is 2.09. The quantitative estimate of drug-likeness (QED) is 0.527. The van der Waals surface area contributed by atoms with Gasteiger partial charge in [0.1, 0.15) is 0 Å². The lowest BCUT2D eigenvalue weighted by molar-refractivity contribution is 0.324. The molecule has 0 amide bonds. The second kappa shape index (κ2) is 11.4. The van der Waals surface area contributed by atoms with Gasteiger partial charge in [-0.3, -0.25) is 0 Å². The molecular weight excluding hydrogens is 290 g/mol. The van der Waals surface area contributed by atoms with Gasteiger partial charge in [-0.25, -0.2) is 0 Å². The third-order valence-electron chi connectivity index (χ3n) is 3.65. The van der Waals surface area contributed by atoms with E-state index in [-0.39, 0.29) is 0 Å². The summed E-state index contributed by atoms with van der Waals surface area (Å²) in [5.41, 5.74) is 1.40. The highest BCUT2D eigenvalue weighted by Crippen LogP contribution is 2.04. The first kappa shape index (κ1) is 18.9. The number of nitrogens with zero attached hydrogens (tertiary/aromatic N) is 2. The molecule has 22 heavy (non-hydrogen) atoms. The molecule has 0 aliphatic rings. The minimum Gasteiger partial charge on any atom is -0.363 e. The van der Waals surface area contributed by atoms with Crippen LogP contribution >= 0.6 is 12.2 Å². The molecule has 0 unspecified atom stereocenters. The molecule has 0 bridgehead atoms. The van der Waals surface area contributed by atoms with Crippen molar-refractivity contribution < 1.29 is 0 Å². The molecule has 1 aromatic rings. The van der Waals surface area contributed by atoms with Gasteiger partial charge in [0.25, 0.3) is 0 Å². The van der Waals surface area contributed by atoms with Crippen molar-refractivity contribution in [2.45, 2.75) is 32.6 Å². The van der Waals surface area contributed by atoms with Crippen LogP contribution in [-0.2, 0) is 6.42 Å². The van der Waals surface area contributed by atoms with Crippen molar-refractivity contribution in [1.82, 2.24) is 15.1 Å². The topological polar surface area (TPSA) is 18.5 Å². The minimum absolute atomic E-state index is 0.906. The highest BCUT2D eigenvalue weighted by atomic mass is 32.1. The Morgan fingerprint density at radius 1 is 1.05 bits per heavy atom. The molecule has 1 N–H and O–H groups in total. The zero-order chi connectivity index (χ0) is 16.2. The number of nitrogens with one attached hydrogen (secondary N) is 1. The zero-order valence-corrected chi connectivity index (χ0v) is 15.2. The molecule has 0 radical (unpaired) electrons. The Morgan fingerprint density at radius 2 is 1.77 bits per heavy atom. The Morgan fingerprint density at radius 3 is 2.41 bits per heavy atom. The van der Waals surface area contributed by atoms with E-state index in [1.54, 1.807) is 0 Å². The van der Waals surface area contributed by atoms with Crippen LogP contribution in [0.25, 0.3) is 0 Å². The maximum absolute atomic E-state index is 5.57. The van der Waals surface area contributed by atoms with E-state index in [0.29, 0.717) is 0 Å². The summed E-state index contributed by atoms with van der Waals surface area (Å²) < 4.78 is 0. The van der Waals surface area contributed by atoms with Crippen LogP contribution in [0.15, 0.2) is 30.3 Å². The van der Waals surface area contributed by atoms with Crippen LogP contribution < -0.4 is 5.32 Å². The van der Waals surface area contributed by atoms with Crippen molar-refractivity contribution in [3.8, 4) is 0 Å². The second-order valence-electron chi connectivity index (χ2n) is 5.96. The van der Waals surface area contributed by atoms with Crippen molar-refractivity contribution in [2.24, 2.45) is 0 Å².